The molecule has 0 radical (unpaired) electrons. The van der Waals surface area contributed by atoms with Crippen molar-refractivity contribution in [3.8, 4) is 0 Å². The van der Waals surface area contributed by atoms with Crippen molar-refractivity contribution in [1.82, 2.24) is 4.90 Å². The lowest BCUT2D eigenvalue weighted by Crippen LogP contribution is -2.42. The van der Waals surface area contributed by atoms with Crippen LogP contribution in [0.3, 0.4) is 0 Å². The number of hydrogen-bond donors (Lipinski definition) is 2. The molecule has 2 unspecified atom stereocenters. The third kappa shape index (κ3) is 2.03. The number of amides is 1. The molecule has 0 aromatic heterocycles. The molecule has 2 aliphatic rings. The maximum atomic E-state index is 12.5. The quantitative estimate of drug-likeness (QED) is 0.859. The summed E-state index contributed by atoms with van der Waals surface area (Å²) in [6.07, 6.45) is 1.72. The molecule has 1 aromatic carbocycles. The first-order valence-corrected chi connectivity index (χ1v) is 6.98. The number of hydrogen-bond acceptors (Lipinski definition) is 3. The van der Waals surface area contributed by atoms with Crippen LogP contribution in [0.4, 0.5) is 5.69 Å². The summed E-state index contributed by atoms with van der Waals surface area (Å²) >= 11 is 0. The number of anilines is 1. The Kier molecular flexibility index (Phi) is 3.12. The van der Waals surface area contributed by atoms with Crippen molar-refractivity contribution >= 4 is 17.6 Å². The topological polar surface area (TPSA) is 69.6 Å². The molecule has 1 saturated heterocycles. The number of nitrogens with one attached hydrogen (secondary N) is 1. The third-order valence-corrected chi connectivity index (χ3v) is 4.28. The van der Waals surface area contributed by atoms with Crippen LogP contribution in [-0.4, -0.2) is 41.0 Å². The van der Waals surface area contributed by atoms with Gasteiger partial charge in [0.25, 0.3) is 5.91 Å². The summed E-state index contributed by atoms with van der Waals surface area (Å²) in [5, 5.41) is 12.5. The molecule has 0 bridgehead atoms. The molecule has 20 heavy (non-hydrogen) atoms. The Hall–Kier alpha value is -2.04. The fourth-order valence-corrected chi connectivity index (χ4v) is 3.14. The zero-order valence-electron chi connectivity index (χ0n) is 11.4. The number of carboxylic acids is 1. The van der Waals surface area contributed by atoms with Crippen LogP contribution >= 0.6 is 0 Å². The second-order valence-corrected chi connectivity index (χ2v) is 5.60. The molecular weight excluding hydrogens is 256 g/mol. The minimum Gasteiger partial charge on any atom is -0.480 e. The summed E-state index contributed by atoms with van der Waals surface area (Å²) in [6, 6.07) is 4.89. The number of aliphatic carboxylic acids is 1. The van der Waals surface area contributed by atoms with E-state index in [1.54, 1.807) is 6.07 Å². The van der Waals surface area contributed by atoms with E-state index in [0.29, 0.717) is 12.1 Å². The lowest BCUT2D eigenvalue weighted by atomic mass is 10.0. The smallest absolute Gasteiger partial charge is 0.326 e. The number of carbonyl (C=O) groups is 2. The number of fused-ring (bicyclic) bond motifs is 1. The molecule has 0 spiro atoms. The second kappa shape index (κ2) is 4.81. The van der Waals surface area contributed by atoms with Crippen molar-refractivity contribution < 1.29 is 14.7 Å². The molecule has 106 valence electrons. The van der Waals surface area contributed by atoms with E-state index in [1.165, 1.54) is 10.5 Å². The third-order valence-electron chi connectivity index (χ3n) is 4.28. The summed E-state index contributed by atoms with van der Waals surface area (Å²) in [6.45, 7) is 3.29. The number of nitrogens with zero attached hydrogens (tertiary/aromatic N) is 1. The standard InChI is InChI=1S/C15H18N2O3/c1-9-5-7-17(13(9)15(19)20)14(18)11-3-2-10-4-6-16-12(10)8-11/h2-3,8-9,13,16H,4-7H2,1H3,(H,19,20). The van der Waals surface area contributed by atoms with Crippen LogP contribution in [0.25, 0.3) is 0 Å². The predicted molar refractivity (Wildman–Crippen MR) is 74.9 cm³/mol. The van der Waals surface area contributed by atoms with Crippen molar-refractivity contribution in [2.75, 3.05) is 18.4 Å². The Balaban J connectivity index is 1.87. The molecule has 1 fully saturated rings. The minimum absolute atomic E-state index is 0.00371. The highest BCUT2D eigenvalue weighted by atomic mass is 16.4. The highest BCUT2D eigenvalue weighted by Crippen LogP contribution is 2.28. The lowest BCUT2D eigenvalue weighted by molar-refractivity contribution is -0.142. The molecule has 1 amide bonds. The van der Waals surface area contributed by atoms with Gasteiger partial charge in [-0.05, 0) is 36.5 Å². The van der Waals surface area contributed by atoms with Gasteiger partial charge in [0.2, 0.25) is 0 Å². The molecule has 0 saturated carbocycles. The van der Waals surface area contributed by atoms with E-state index in [2.05, 4.69) is 5.32 Å². The lowest BCUT2D eigenvalue weighted by Gasteiger charge is -2.23. The Bertz CT molecular complexity index is 570. The van der Waals surface area contributed by atoms with Gasteiger partial charge in [-0.15, -0.1) is 0 Å². The van der Waals surface area contributed by atoms with Gasteiger partial charge in [-0.3, -0.25) is 4.79 Å². The fourth-order valence-electron chi connectivity index (χ4n) is 3.14. The van der Waals surface area contributed by atoms with Gasteiger partial charge in [0, 0.05) is 24.3 Å². The predicted octanol–water partition coefficient (Wildman–Crippen LogP) is 1.59. The summed E-state index contributed by atoms with van der Waals surface area (Å²) in [5.74, 6) is -1.09. The molecule has 5 heteroatoms. The summed E-state index contributed by atoms with van der Waals surface area (Å²) in [4.78, 5) is 25.4. The first-order valence-electron chi connectivity index (χ1n) is 6.98. The van der Waals surface area contributed by atoms with Gasteiger partial charge in [-0.1, -0.05) is 13.0 Å². The minimum atomic E-state index is -0.914. The summed E-state index contributed by atoms with van der Waals surface area (Å²) < 4.78 is 0. The van der Waals surface area contributed by atoms with Crippen molar-refractivity contribution in [1.29, 1.82) is 0 Å². The summed E-state index contributed by atoms with van der Waals surface area (Å²) in [7, 11) is 0. The number of likely N-dealkylation sites (tertiary alicyclic amines) is 1. The van der Waals surface area contributed by atoms with Crippen LogP contribution in [-0.2, 0) is 11.2 Å². The number of benzene rings is 1. The van der Waals surface area contributed by atoms with Crippen molar-refractivity contribution in [3.63, 3.8) is 0 Å². The Morgan fingerprint density at radius 2 is 2.20 bits per heavy atom. The highest BCUT2D eigenvalue weighted by Gasteiger charge is 2.39. The van der Waals surface area contributed by atoms with Gasteiger partial charge in [0.1, 0.15) is 6.04 Å². The van der Waals surface area contributed by atoms with Crippen LogP contribution in [0.15, 0.2) is 18.2 Å². The van der Waals surface area contributed by atoms with E-state index in [4.69, 9.17) is 0 Å². The molecule has 0 aliphatic carbocycles. The van der Waals surface area contributed by atoms with Crippen LogP contribution in [0.2, 0.25) is 0 Å². The van der Waals surface area contributed by atoms with Gasteiger partial charge in [0.15, 0.2) is 0 Å². The first kappa shape index (κ1) is 13.0. The second-order valence-electron chi connectivity index (χ2n) is 5.60. The van der Waals surface area contributed by atoms with Crippen LogP contribution in [0.5, 0.6) is 0 Å². The van der Waals surface area contributed by atoms with E-state index < -0.39 is 12.0 Å². The zero-order valence-corrected chi connectivity index (χ0v) is 11.4. The van der Waals surface area contributed by atoms with Crippen molar-refractivity contribution in [2.45, 2.75) is 25.8 Å². The van der Waals surface area contributed by atoms with E-state index in [9.17, 15) is 14.7 Å². The van der Waals surface area contributed by atoms with E-state index in [-0.39, 0.29) is 11.8 Å². The number of carbonyl (C=O) groups excluding carboxylic acids is 1. The van der Waals surface area contributed by atoms with E-state index in [1.807, 2.05) is 19.1 Å². The van der Waals surface area contributed by atoms with Gasteiger partial charge in [0.05, 0.1) is 0 Å². The van der Waals surface area contributed by atoms with Crippen molar-refractivity contribution in [2.24, 2.45) is 5.92 Å². The van der Waals surface area contributed by atoms with Gasteiger partial charge >= 0.3 is 5.97 Å². The fraction of sp³-hybridized carbons (Fsp3) is 0.467. The van der Waals surface area contributed by atoms with Crippen LogP contribution in [0.1, 0.15) is 29.3 Å². The van der Waals surface area contributed by atoms with Crippen molar-refractivity contribution in [3.05, 3.63) is 29.3 Å². The average molecular weight is 274 g/mol. The number of carboxylic acid groups (broad SMARTS) is 1. The normalized spacial score (nSPS) is 24.4. The highest BCUT2D eigenvalue weighted by molar-refractivity contribution is 5.98. The monoisotopic (exact) mass is 274 g/mol. The average Bonchev–Trinajstić information content (AvgIpc) is 3.02. The van der Waals surface area contributed by atoms with E-state index in [0.717, 1.165) is 25.1 Å². The first-order chi connectivity index (χ1) is 9.58. The molecule has 2 heterocycles. The van der Waals surface area contributed by atoms with Gasteiger partial charge < -0.3 is 15.3 Å². The molecule has 2 N–H and O–H groups in total. The zero-order chi connectivity index (χ0) is 14.3. The largest absolute Gasteiger partial charge is 0.480 e. The maximum absolute atomic E-state index is 12.5. The molecule has 3 rings (SSSR count). The molecule has 1 aromatic rings. The Morgan fingerprint density at radius 3 is 2.95 bits per heavy atom. The molecule has 5 nitrogen and oxygen atoms in total. The molecular formula is C15H18N2O3. The molecule has 2 atom stereocenters. The molecule has 2 aliphatic heterocycles. The van der Waals surface area contributed by atoms with E-state index >= 15 is 0 Å². The summed E-state index contributed by atoms with van der Waals surface area (Å²) in [5.41, 5.74) is 2.78. The Morgan fingerprint density at radius 1 is 1.40 bits per heavy atom. The van der Waals surface area contributed by atoms with Crippen LogP contribution < -0.4 is 5.32 Å². The van der Waals surface area contributed by atoms with Gasteiger partial charge in [-0.2, -0.15) is 0 Å². The van der Waals surface area contributed by atoms with Crippen LogP contribution in [0, 0.1) is 5.92 Å². The SMILES string of the molecule is CC1CCN(C(=O)c2ccc3c(c2)NCC3)C1C(=O)O. The Labute approximate surface area is 117 Å². The number of rotatable bonds is 2. The maximum Gasteiger partial charge on any atom is 0.326 e. The van der Waals surface area contributed by atoms with Gasteiger partial charge in [-0.25, -0.2) is 4.79 Å².